The largest absolute Gasteiger partial charge is 0.468 e. The number of carbonyl (C=O) groups excluding carboxylic acids is 1. The fraction of sp³-hybridized carbons (Fsp3) is 0.769. The van der Waals surface area contributed by atoms with Crippen molar-refractivity contribution in [1.29, 1.82) is 0 Å². The van der Waals surface area contributed by atoms with Gasteiger partial charge < -0.3 is 10.1 Å². The quantitative estimate of drug-likeness (QED) is 0.536. The molecule has 0 aliphatic heterocycles. The highest BCUT2D eigenvalue weighted by atomic mass is 16.5. The number of ether oxygens (including phenoxy) is 1. The van der Waals surface area contributed by atoms with Crippen LogP contribution in [0.25, 0.3) is 0 Å². The van der Waals surface area contributed by atoms with Gasteiger partial charge in [0.15, 0.2) is 0 Å². The molecule has 0 saturated carbocycles. The summed E-state index contributed by atoms with van der Waals surface area (Å²) in [5, 5.41) is 3.27. The fourth-order valence-corrected chi connectivity index (χ4v) is 1.82. The van der Waals surface area contributed by atoms with Gasteiger partial charge in [-0.2, -0.15) is 0 Å². The lowest BCUT2D eigenvalue weighted by molar-refractivity contribution is -0.148. The molecule has 0 aliphatic rings. The van der Waals surface area contributed by atoms with Gasteiger partial charge in [-0.15, -0.1) is 6.58 Å². The van der Waals surface area contributed by atoms with Crippen molar-refractivity contribution in [1.82, 2.24) is 5.32 Å². The number of methoxy groups -OCH3 is 1. The summed E-state index contributed by atoms with van der Waals surface area (Å²) in [7, 11) is 1.43. The van der Waals surface area contributed by atoms with E-state index in [2.05, 4.69) is 25.7 Å². The summed E-state index contributed by atoms with van der Waals surface area (Å²) in [5.74, 6) is 0.254. The predicted octanol–water partition coefficient (Wildman–Crippen LogP) is 2.52. The maximum atomic E-state index is 11.7. The molecule has 1 N–H and O–H groups in total. The molecule has 0 bridgehead atoms. The van der Waals surface area contributed by atoms with Gasteiger partial charge in [0.1, 0.15) is 5.54 Å². The molecule has 0 saturated heterocycles. The second kappa shape index (κ2) is 6.69. The SMILES string of the molecule is C=C(C)CCNC(C)(CC(C)C)C(=O)OC. The molecule has 0 aliphatic carbocycles. The molecule has 1 atom stereocenters. The lowest BCUT2D eigenvalue weighted by Crippen LogP contribution is -2.51. The van der Waals surface area contributed by atoms with Crippen LogP contribution in [0.5, 0.6) is 0 Å². The Bertz CT molecular complexity index is 248. The first-order chi connectivity index (χ1) is 7.31. The smallest absolute Gasteiger partial charge is 0.325 e. The molecule has 0 rings (SSSR count). The standard InChI is InChI=1S/C13H25NO2/c1-10(2)7-8-14-13(5,9-11(3)4)12(15)16-6/h11,14H,1,7-9H2,2-6H3. The van der Waals surface area contributed by atoms with E-state index in [1.54, 1.807) is 0 Å². The lowest BCUT2D eigenvalue weighted by Gasteiger charge is -2.29. The zero-order valence-electron chi connectivity index (χ0n) is 11.2. The van der Waals surface area contributed by atoms with E-state index in [1.165, 1.54) is 7.11 Å². The van der Waals surface area contributed by atoms with Gasteiger partial charge in [-0.3, -0.25) is 4.79 Å². The average Bonchev–Trinajstić information content (AvgIpc) is 2.14. The molecule has 0 aromatic carbocycles. The van der Waals surface area contributed by atoms with Gasteiger partial charge >= 0.3 is 5.97 Å². The Morgan fingerprint density at radius 1 is 1.50 bits per heavy atom. The Kier molecular flexibility index (Phi) is 6.34. The van der Waals surface area contributed by atoms with E-state index in [0.717, 1.165) is 25.0 Å². The van der Waals surface area contributed by atoms with Crippen molar-refractivity contribution in [3.8, 4) is 0 Å². The minimum absolute atomic E-state index is 0.192. The van der Waals surface area contributed by atoms with E-state index in [9.17, 15) is 4.79 Å². The van der Waals surface area contributed by atoms with Gasteiger partial charge in [0, 0.05) is 0 Å². The molecule has 0 heterocycles. The summed E-state index contributed by atoms with van der Waals surface area (Å²) in [6.45, 7) is 12.7. The molecular weight excluding hydrogens is 202 g/mol. The van der Waals surface area contributed by atoms with E-state index in [4.69, 9.17) is 4.74 Å². The summed E-state index contributed by atoms with van der Waals surface area (Å²) in [6.07, 6.45) is 1.65. The highest BCUT2D eigenvalue weighted by molar-refractivity contribution is 5.80. The average molecular weight is 227 g/mol. The molecule has 0 aromatic heterocycles. The Morgan fingerprint density at radius 2 is 2.06 bits per heavy atom. The summed E-state index contributed by atoms with van der Waals surface area (Å²) in [6, 6.07) is 0. The first kappa shape index (κ1) is 15.2. The van der Waals surface area contributed by atoms with Crippen LogP contribution in [-0.2, 0) is 9.53 Å². The van der Waals surface area contributed by atoms with E-state index >= 15 is 0 Å². The number of hydrogen-bond acceptors (Lipinski definition) is 3. The molecular formula is C13H25NO2. The van der Waals surface area contributed by atoms with Crippen molar-refractivity contribution >= 4 is 5.97 Å². The third-order valence-corrected chi connectivity index (χ3v) is 2.52. The van der Waals surface area contributed by atoms with Crippen LogP contribution in [0.3, 0.4) is 0 Å². The third kappa shape index (κ3) is 5.31. The number of hydrogen-bond donors (Lipinski definition) is 1. The van der Waals surface area contributed by atoms with Crippen LogP contribution >= 0.6 is 0 Å². The highest BCUT2D eigenvalue weighted by Crippen LogP contribution is 2.18. The van der Waals surface area contributed by atoms with Gasteiger partial charge in [0.2, 0.25) is 0 Å². The van der Waals surface area contributed by atoms with Crippen molar-refractivity contribution in [3.05, 3.63) is 12.2 Å². The molecule has 0 amide bonds. The molecule has 0 radical (unpaired) electrons. The number of rotatable bonds is 7. The molecule has 0 aromatic rings. The van der Waals surface area contributed by atoms with Gasteiger partial charge in [-0.05, 0) is 39.2 Å². The molecule has 16 heavy (non-hydrogen) atoms. The third-order valence-electron chi connectivity index (χ3n) is 2.52. The van der Waals surface area contributed by atoms with Gasteiger partial charge in [0.05, 0.1) is 7.11 Å². The molecule has 3 nitrogen and oxygen atoms in total. The Balaban J connectivity index is 4.41. The van der Waals surface area contributed by atoms with Crippen LogP contribution in [0.15, 0.2) is 12.2 Å². The van der Waals surface area contributed by atoms with Crippen LogP contribution < -0.4 is 5.32 Å². The van der Waals surface area contributed by atoms with Crippen LogP contribution in [-0.4, -0.2) is 25.2 Å². The summed E-state index contributed by atoms with van der Waals surface area (Å²) >= 11 is 0. The first-order valence-electron chi connectivity index (χ1n) is 5.79. The second-order valence-electron chi connectivity index (χ2n) is 5.06. The van der Waals surface area contributed by atoms with Crippen LogP contribution in [0.2, 0.25) is 0 Å². The van der Waals surface area contributed by atoms with Gasteiger partial charge in [-0.25, -0.2) is 0 Å². The Hall–Kier alpha value is -0.830. The van der Waals surface area contributed by atoms with E-state index in [-0.39, 0.29) is 5.97 Å². The van der Waals surface area contributed by atoms with Crippen molar-refractivity contribution in [2.45, 2.75) is 46.1 Å². The van der Waals surface area contributed by atoms with Crippen LogP contribution in [0.4, 0.5) is 0 Å². The zero-order valence-corrected chi connectivity index (χ0v) is 11.2. The van der Waals surface area contributed by atoms with Crippen LogP contribution in [0, 0.1) is 5.92 Å². The highest BCUT2D eigenvalue weighted by Gasteiger charge is 2.34. The fourth-order valence-electron chi connectivity index (χ4n) is 1.82. The lowest BCUT2D eigenvalue weighted by atomic mass is 9.90. The monoisotopic (exact) mass is 227 g/mol. The van der Waals surface area contributed by atoms with E-state index < -0.39 is 5.54 Å². The van der Waals surface area contributed by atoms with Crippen LogP contribution in [0.1, 0.15) is 40.5 Å². The summed E-state index contributed by atoms with van der Waals surface area (Å²) in [4.78, 5) is 11.7. The van der Waals surface area contributed by atoms with E-state index in [0.29, 0.717) is 5.92 Å². The van der Waals surface area contributed by atoms with Crippen molar-refractivity contribution in [2.75, 3.05) is 13.7 Å². The summed E-state index contributed by atoms with van der Waals surface area (Å²) in [5.41, 5.74) is 0.530. The predicted molar refractivity (Wildman–Crippen MR) is 67.3 cm³/mol. The maximum absolute atomic E-state index is 11.7. The maximum Gasteiger partial charge on any atom is 0.325 e. The molecule has 94 valence electrons. The zero-order chi connectivity index (χ0) is 12.8. The Labute approximate surface area is 99.3 Å². The number of esters is 1. The normalized spacial score (nSPS) is 14.6. The Morgan fingerprint density at radius 3 is 2.44 bits per heavy atom. The molecule has 0 fully saturated rings. The minimum Gasteiger partial charge on any atom is -0.468 e. The first-order valence-corrected chi connectivity index (χ1v) is 5.79. The van der Waals surface area contributed by atoms with Gasteiger partial charge in [-0.1, -0.05) is 19.4 Å². The molecule has 0 spiro atoms. The number of carbonyl (C=O) groups is 1. The summed E-state index contributed by atoms with van der Waals surface area (Å²) < 4.78 is 4.85. The topological polar surface area (TPSA) is 38.3 Å². The van der Waals surface area contributed by atoms with E-state index in [1.807, 2.05) is 13.8 Å². The second-order valence-corrected chi connectivity index (χ2v) is 5.06. The minimum atomic E-state index is -0.585. The molecule has 3 heteroatoms. The van der Waals surface area contributed by atoms with Crippen molar-refractivity contribution < 1.29 is 9.53 Å². The number of nitrogens with one attached hydrogen (secondary N) is 1. The van der Waals surface area contributed by atoms with Gasteiger partial charge in [0.25, 0.3) is 0 Å². The van der Waals surface area contributed by atoms with Crippen molar-refractivity contribution in [3.63, 3.8) is 0 Å². The van der Waals surface area contributed by atoms with Crippen molar-refractivity contribution in [2.24, 2.45) is 5.92 Å². The molecule has 1 unspecified atom stereocenters.